The third-order valence-electron chi connectivity index (χ3n) is 5.78. The molecule has 0 aliphatic carbocycles. The van der Waals surface area contributed by atoms with Crippen LogP contribution in [0, 0.1) is 0 Å². The van der Waals surface area contributed by atoms with Gasteiger partial charge in [0.05, 0.1) is 27.2 Å². The molecule has 202 valence electrons. The van der Waals surface area contributed by atoms with Crippen molar-refractivity contribution in [2.45, 2.75) is 25.2 Å². The van der Waals surface area contributed by atoms with Crippen molar-refractivity contribution in [2.24, 2.45) is 10.2 Å². The normalized spacial score (nSPS) is 11.4. The van der Waals surface area contributed by atoms with Gasteiger partial charge in [-0.25, -0.2) is 0 Å². The summed E-state index contributed by atoms with van der Waals surface area (Å²) in [4.78, 5) is 12.9. The number of nitrogens with one attached hydrogen (secondary N) is 1. The van der Waals surface area contributed by atoms with Crippen molar-refractivity contribution in [1.82, 2.24) is 0 Å². The van der Waals surface area contributed by atoms with E-state index in [1.54, 1.807) is 56.3 Å². The summed E-state index contributed by atoms with van der Waals surface area (Å²) in [6.07, 6.45) is 0.256. The minimum atomic E-state index is -4.51. The van der Waals surface area contributed by atoms with E-state index in [9.17, 15) is 22.9 Å². The quantitative estimate of drug-likeness (QED) is 0.175. The zero-order valence-corrected chi connectivity index (χ0v) is 26.1. The summed E-state index contributed by atoms with van der Waals surface area (Å²) in [6.45, 7) is 3.82. The molecule has 0 unspecified atom stereocenters. The fourth-order valence-electron chi connectivity index (χ4n) is 3.94. The van der Waals surface area contributed by atoms with E-state index in [4.69, 9.17) is 27.9 Å². The van der Waals surface area contributed by atoms with Crippen LogP contribution in [0.25, 0.3) is 10.8 Å². The van der Waals surface area contributed by atoms with Gasteiger partial charge in [0, 0.05) is 10.9 Å². The van der Waals surface area contributed by atoms with Gasteiger partial charge in [0.1, 0.15) is 17.1 Å². The predicted molar refractivity (Wildman–Crippen MR) is 149 cm³/mol. The number of carbonyl (C=O) groups excluding carboxylic acids is 1. The van der Waals surface area contributed by atoms with Crippen LogP contribution in [0.5, 0.6) is 11.5 Å². The molecule has 0 atom stereocenters. The summed E-state index contributed by atoms with van der Waals surface area (Å²) < 4.78 is 38.5. The van der Waals surface area contributed by atoms with E-state index in [1.807, 2.05) is 0 Å². The maximum Gasteiger partial charge on any atom is 1.00 e. The summed E-state index contributed by atoms with van der Waals surface area (Å²) >= 11 is 12.5. The van der Waals surface area contributed by atoms with Gasteiger partial charge < -0.3 is 15.2 Å². The van der Waals surface area contributed by atoms with Crippen LogP contribution in [0.4, 0.5) is 17.1 Å². The molecule has 4 rings (SSSR count). The second kappa shape index (κ2) is 13.3. The molecule has 0 spiro atoms. The SMILES string of the molecule is CCOc1cccc(Cl)c1NC(=O)c1cc2ccccc2c(N=Nc2cc(CC)c(S(=O)(=O)O)cc2Cl)c1[O-].[Na+]. The van der Waals surface area contributed by atoms with E-state index < -0.39 is 21.8 Å². The van der Waals surface area contributed by atoms with Crippen LogP contribution in [0.1, 0.15) is 29.8 Å². The number of hydrogen-bond donors (Lipinski definition) is 2. The maximum absolute atomic E-state index is 13.5. The number of aryl methyl sites for hydroxylation is 1. The molecule has 0 heterocycles. The summed E-state index contributed by atoms with van der Waals surface area (Å²) in [5, 5.41) is 25.5. The molecular formula is C27H22Cl2N3NaO6S. The molecule has 0 saturated heterocycles. The molecule has 2 N–H and O–H groups in total. The predicted octanol–water partition coefficient (Wildman–Crippen LogP) is 4.10. The van der Waals surface area contributed by atoms with Crippen molar-refractivity contribution < 1.29 is 57.2 Å². The molecule has 9 nitrogen and oxygen atoms in total. The fourth-order valence-corrected chi connectivity index (χ4v) is 5.22. The molecule has 0 aromatic heterocycles. The average molecular weight is 610 g/mol. The Morgan fingerprint density at radius 3 is 2.42 bits per heavy atom. The molecule has 1 amide bonds. The molecule has 0 saturated carbocycles. The number of para-hydroxylation sites is 1. The topological polar surface area (TPSA) is 140 Å². The van der Waals surface area contributed by atoms with E-state index in [-0.39, 0.29) is 79.1 Å². The minimum absolute atomic E-state index is 0. The number of fused-ring (bicyclic) bond motifs is 1. The van der Waals surface area contributed by atoms with Gasteiger partial charge in [-0.1, -0.05) is 66.2 Å². The number of amides is 1. The first kappa shape index (κ1) is 31.8. The molecule has 0 fully saturated rings. The van der Waals surface area contributed by atoms with Gasteiger partial charge in [0.15, 0.2) is 0 Å². The second-order valence-electron chi connectivity index (χ2n) is 8.26. The number of ether oxygens (including phenoxy) is 1. The molecular weight excluding hydrogens is 588 g/mol. The fraction of sp³-hybridized carbons (Fsp3) is 0.148. The standard InChI is InChI=1S/C27H23Cl2N3O6S.Na/c1-3-15-13-21(20(29)14-23(15)39(35,36)37)31-32-24-17-9-6-5-8-16(17)12-18(26(24)33)27(34)30-25-19(28)10-7-11-22(25)38-4-2;/h5-14,33H,3-4H2,1-2H3,(H,30,34)(H,35,36,37);/q;+1/p-1. The van der Waals surface area contributed by atoms with E-state index >= 15 is 0 Å². The zero-order chi connectivity index (χ0) is 28.3. The Morgan fingerprint density at radius 2 is 1.75 bits per heavy atom. The Kier molecular flexibility index (Phi) is 10.6. The summed E-state index contributed by atoms with van der Waals surface area (Å²) in [5.74, 6) is -1.07. The summed E-state index contributed by atoms with van der Waals surface area (Å²) in [5.41, 5.74) is 0.250. The van der Waals surface area contributed by atoms with Crippen LogP contribution in [0.2, 0.25) is 10.0 Å². The Balaban J connectivity index is 0.00000441. The molecule has 40 heavy (non-hydrogen) atoms. The largest absolute Gasteiger partial charge is 1.00 e. The maximum atomic E-state index is 13.5. The Bertz CT molecular complexity index is 1730. The molecule has 4 aromatic carbocycles. The molecule has 4 aromatic rings. The Morgan fingerprint density at radius 1 is 1.02 bits per heavy atom. The third kappa shape index (κ3) is 6.77. The first-order valence-corrected chi connectivity index (χ1v) is 13.9. The summed E-state index contributed by atoms with van der Waals surface area (Å²) in [7, 11) is -4.51. The van der Waals surface area contributed by atoms with Crippen molar-refractivity contribution in [1.29, 1.82) is 0 Å². The van der Waals surface area contributed by atoms with Gasteiger partial charge in [0.2, 0.25) is 0 Å². The van der Waals surface area contributed by atoms with E-state index in [0.717, 1.165) is 6.07 Å². The molecule has 13 heteroatoms. The Hall–Kier alpha value is -2.70. The number of hydrogen-bond acceptors (Lipinski definition) is 7. The molecule has 0 aliphatic heterocycles. The minimum Gasteiger partial charge on any atom is -0.870 e. The molecule has 0 radical (unpaired) electrons. The third-order valence-corrected chi connectivity index (χ3v) is 7.33. The zero-order valence-electron chi connectivity index (χ0n) is 21.7. The van der Waals surface area contributed by atoms with Crippen molar-refractivity contribution >= 4 is 67.1 Å². The van der Waals surface area contributed by atoms with E-state index in [2.05, 4.69) is 15.5 Å². The van der Waals surface area contributed by atoms with E-state index in [0.29, 0.717) is 23.1 Å². The van der Waals surface area contributed by atoms with Gasteiger partial charge in [-0.05, 0) is 54.6 Å². The van der Waals surface area contributed by atoms with Crippen LogP contribution in [-0.2, 0) is 16.5 Å². The van der Waals surface area contributed by atoms with Gasteiger partial charge in [-0.15, -0.1) is 5.11 Å². The van der Waals surface area contributed by atoms with Crippen LogP contribution in [-0.4, -0.2) is 25.5 Å². The van der Waals surface area contributed by atoms with Gasteiger partial charge in [0.25, 0.3) is 16.0 Å². The van der Waals surface area contributed by atoms with Gasteiger partial charge >= 0.3 is 29.6 Å². The van der Waals surface area contributed by atoms with Crippen LogP contribution in [0.15, 0.2) is 75.8 Å². The molecule has 0 bridgehead atoms. The van der Waals surface area contributed by atoms with Gasteiger partial charge in [-0.3, -0.25) is 9.35 Å². The van der Waals surface area contributed by atoms with Crippen molar-refractivity contribution in [3.63, 3.8) is 0 Å². The number of rotatable bonds is 8. The Labute approximate surface area is 263 Å². The molecule has 0 aliphatic rings. The van der Waals surface area contributed by atoms with E-state index in [1.165, 1.54) is 12.1 Å². The number of carbonyl (C=O) groups is 1. The first-order valence-electron chi connectivity index (χ1n) is 11.7. The number of nitrogens with zero attached hydrogens (tertiary/aromatic N) is 2. The monoisotopic (exact) mass is 609 g/mol. The van der Waals surface area contributed by atoms with Crippen molar-refractivity contribution in [2.75, 3.05) is 11.9 Å². The number of anilines is 1. The first-order chi connectivity index (χ1) is 18.5. The number of azo groups is 1. The van der Waals surface area contributed by atoms with Crippen LogP contribution >= 0.6 is 23.2 Å². The number of halogens is 2. The van der Waals surface area contributed by atoms with Crippen LogP contribution in [0.3, 0.4) is 0 Å². The van der Waals surface area contributed by atoms with Crippen molar-refractivity contribution in [3.05, 3.63) is 81.8 Å². The van der Waals surface area contributed by atoms with Crippen molar-refractivity contribution in [3.8, 4) is 11.5 Å². The smallest absolute Gasteiger partial charge is 0.870 e. The van der Waals surface area contributed by atoms with Crippen LogP contribution < -0.4 is 44.7 Å². The second-order valence-corrected chi connectivity index (χ2v) is 10.5. The summed E-state index contributed by atoms with van der Waals surface area (Å²) in [6, 6.07) is 15.6. The van der Waals surface area contributed by atoms with Gasteiger partial charge in [-0.2, -0.15) is 13.5 Å². The average Bonchev–Trinajstić information content (AvgIpc) is 2.89. The number of benzene rings is 4.